The second-order valence-electron chi connectivity index (χ2n) is 6.47. The highest BCUT2D eigenvalue weighted by Gasteiger charge is 2.26. The van der Waals surface area contributed by atoms with Crippen molar-refractivity contribution in [2.75, 3.05) is 13.1 Å². The average Bonchev–Trinajstić information content (AvgIpc) is 2.37. The number of carbonyl (C=O) groups is 1. The number of hydrogen-bond acceptors (Lipinski definition) is 3. The first kappa shape index (κ1) is 16.1. The molecular formula is C16H23BrN2O2. The number of carbonyl (C=O) groups excluding carboxylic acids is 1. The monoisotopic (exact) mass is 354 g/mol. The quantitative estimate of drug-likeness (QED) is 0.729. The maximum absolute atomic E-state index is 12.0. The van der Waals surface area contributed by atoms with Gasteiger partial charge in [0.15, 0.2) is 0 Å². The number of ether oxygens (including phenoxy) is 1. The van der Waals surface area contributed by atoms with Crippen LogP contribution in [0, 0.1) is 0 Å². The molecular weight excluding hydrogens is 332 g/mol. The van der Waals surface area contributed by atoms with Gasteiger partial charge in [-0.1, -0.05) is 6.08 Å². The second kappa shape index (κ2) is 6.26. The largest absolute Gasteiger partial charge is 0.444 e. The first-order chi connectivity index (χ1) is 9.76. The minimum atomic E-state index is -0.442. The third-order valence-electron chi connectivity index (χ3n) is 3.48. The highest BCUT2D eigenvalue weighted by atomic mass is 79.9. The third kappa shape index (κ3) is 4.37. The van der Waals surface area contributed by atoms with Crippen LogP contribution in [0.3, 0.4) is 0 Å². The summed E-state index contributed by atoms with van der Waals surface area (Å²) in [5.74, 6) is 0. The summed E-state index contributed by atoms with van der Waals surface area (Å²) in [5, 5.41) is 3.39. The zero-order valence-electron chi connectivity index (χ0n) is 13.1. The van der Waals surface area contributed by atoms with Crippen LogP contribution in [0.1, 0.15) is 34.1 Å². The van der Waals surface area contributed by atoms with E-state index in [9.17, 15) is 4.79 Å². The van der Waals surface area contributed by atoms with E-state index in [1.807, 2.05) is 27.0 Å². The molecule has 0 aliphatic carbocycles. The van der Waals surface area contributed by atoms with Crippen molar-refractivity contribution in [1.82, 2.24) is 10.2 Å². The topological polar surface area (TPSA) is 41.6 Å². The summed E-state index contributed by atoms with van der Waals surface area (Å²) in [6.07, 6.45) is 6.87. The normalized spacial score (nSPS) is 22.8. The van der Waals surface area contributed by atoms with Crippen LogP contribution in [0.4, 0.5) is 4.79 Å². The van der Waals surface area contributed by atoms with Crippen LogP contribution < -0.4 is 5.32 Å². The molecule has 0 spiro atoms. The maximum atomic E-state index is 12.0. The Kier molecular flexibility index (Phi) is 4.81. The molecule has 5 heteroatoms. The Hall–Kier alpha value is -1.23. The number of dihydropyridines is 1. The minimum absolute atomic E-state index is 0.232. The molecule has 0 bridgehead atoms. The molecule has 0 radical (unpaired) electrons. The van der Waals surface area contributed by atoms with Gasteiger partial charge in [0.1, 0.15) is 5.60 Å². The van der Waals surface area contributed by atoms with Gasteiger partial charge in [0.2, 0.25) is 0 Å². The lowest BCUT2D eigenvalue weighted by atomic mass is 9.93. The van der Waals surface area contributed by atoms with E-state index >= 15 is 0 Å². The molecule has 2 rings (SSSR count). The fourth-order valence-electron chi connectivity index (χ4n) is 2.48. The summed E-state index contributed by atoms with van der Waals surface area (Å²) in [5.41, 5.74) is 2.17. The Labute approximate surface area is 135 Å². The lowest BCUT2D eigenvalue weighted by Crippen LogP contribution is -2.41. The van der Waals surface area contributed by atoms with Crippen molar-refractivity contribution in [3.8, 4) is 0 Å². The molecule has 0 aromatic carbocycles. The van der Waals surface area contributed by atoms with E-state index < -0.39 is 5.60 Å². The lowest BCUT2D eigenvalue weighted by Gasteiger charge is -2.33. The number of halogens is 1. The fourth-order valence-corrected chi connectivity index (χ4v) is 2.97. The molecule has 2 aliphatic heterocycles. The van der Waals surface area contributed by atoms with Crippen molar-refractivity contribution in [3.05, 3.63) is 34.0 Å². The number of hydrogen-bond donors (Lipinski definition) is 1. The zero-order valence-corrected chi connectivity index (χ0v) is 14.7. The van der Waals surface area contributed by atoms with Crippen LogP contribution in [0.25, 0.3) is 0 Å². The summed E-state index contributed by atoms with van der Waals surface area (Å²) < 4.78 is 6.47. The van der Waals surface area contributed by atoms with Gasteiger partial charge >= 0.3 is 6.09 Å². The van der Waals surface area contributed by atoms with Gasteiger partial charge in [-0.3, -0.25) is 0 Å². The number of allylic oxidation sites excluding steroid dienone is 2. The molecule has 2 heterocycles. The molecule has 1 unspecified atom stereocenters. The summed E-state index contributed by atoms with van der Waals surface area (Å²) in [6, 6.07) is 0.243. The van der Waals surface area contributed by atoms with E-state index in [-0.39, 0.29) is 12.1 Å². The molecule has 1 atom stereocenters. The van der Waals surface area contributed by atoms with Crippen molar-refractivity contribution in [1.29, 1.82) is 0 Å². The Morgan fingerprint density at radius 3 is 2.71 bits per heavy atom. The van der Waals surface area contributed by atoms with Crippen molar-refractivity contribution in [3.63, 3.8) is 0 Å². The van der Waals surface area contributed by atoms with Crippen molar-refractivity contribution >= 4 is 22.0 Å². The molecule has 1 N–H and O–H groups in total. The Morgan fingerprint density at radius 1 is 1.48 bits per heavy atom. The predicted octanol–water partition coefficient (Wildman–Crippen LogP) is 3.71. The standard InChI is InChI=1S/C16H23BrN2O2/c1-11-9-13(17)10-18-14(11)12-5-7-19(8-6-12)15(20)21-16(2,3)4/h5,9-10,14,18H,6-8H2,1-4H3. The summed E-state index contributed by atoms with van der Waals surface area (Å²) >= 11 is 3.47. The first-order valence-corrected chi connectivity index (χ1v) is 8.02. The van der Waals surface area contributed by atoms with E-state index in [2.05, 4.69) is 40.3 Å². The molecule has 1 amide bonds. The molecule has 4 nitrogen and oxygen atoms in total. The zero-order chi connectivity index (χ0) is 15.6. The molecule has 0 aromatic heterocycles. The van der Waals surface area contributed by atoms with Gasteiger partial charge in [-0.2, -0.15) is 0 Å². The van der Waals surface area contributed by atoms with Crippen LogP contribution >= 0.6 is 15.9 Å². The number of nitrogens with zero attached hydrogens (tertiary/aromatic N) is 1. The molecule has 0 saturated carbocycles. The summed E-state index contributed by atoms with van der Waals surface area (Å²) in [4.78, 5) is 13.8. The smallest absolute Gasteiger partial charge is 0.410 e. The first-order valence-electron chi connectivity index (χ1n) is 7.23. The molecule has 0 fully saturated rings. The van der Waals surface area contributed by atoms with Gasteiger partial charge in [-0.05, 0) is 67.3 Å². The molecule has 116 valence electrons. The molecule has 21 heavy (non-hydrogen) atoms. The lowest BCUT2D eigenvalue weighted by molar-refractivity contribution is 0.0265. The van der Waals surface area contributed by atoms with Gasteiger partial charge in [0, 0.05) is 23.8 Å². The fraction of sp³-hybridized carbons (Fsp3) is 0.562. The Bertz CT molecular complexity index is 515. The van der Waals surface area contributed by atoms with Crippen LogP contribution in [0.5, 0.6) is 0 Å². The minimum Gasteiger partial charge on any atom is -0.444 e. The van der Waals surface area contributed by atoms with Crippen LogP contribution in [0.2, 0.25) is 0 Å². The summed E-state index contributed by atoms with van der Waals surface area (Å²) in [7, 11) is 0. The van der Waals surface area contributed by atoms with Crippen LogP contribution in [-0.4, -0.2) is 35.7 Å². The van der Waals surface area contributed by atoms with Crippen molar-refractivity contribution < 1.29 is 9.53 Å². The van der Waals surface area contributed by atoms with Gasteiger partial charge in [0.25, 0.3) is 0 Å². The van der Waals surface area contributed by atoms with E-state index in [1.54, 1.807) is 4.90 Å². The van der Waals surface area contributed by atoms with Crippen LogP contribution in [0.15, 0.2) is 34.0 Å². The molecule has 0 saturated heterocycles. The SMILES string of the molecule is CC1=CC(Br)=CNC1C1=CCN(C(=O)OC(C)(C)C)CC1. The molecule has 2 aliphatic rings. The van der Waals surface area contributed by atoms with Gasteiger partial charge in [-0.15, -0.1) is 0 Å². The highest BCUT2D eigenvalue weighted by molar-refractivity contribution is 9.11. The highest BCUT2D eigenvalue weighted by Crippen LogP contribution is 2.25. The van der Waals surface area contributed by atoms with Gasteiger partial charge < -0.3 is 15.0 Å². The van der Waals surface area contributed by atoms with E-state index in [1.165, 1.54) is 11.1 Å². The van der Waals surface area contributed by atoms with E-state index in [0.717, 1.165) is 10.9 Å². The van der Waals surface area contributed by atoms with Crippen molar-refractivity contribution in [2.24, 2.45) is 0 Å². The van der Waals surface area contributed by atoms with Crippen LogP contribution in [-0.2, 0) is 4.74 Å². The van der Waals surface area contributed by atoms with E-state index in [4.69, 9.17) is 4.74 Å². The van der Waals surface area contributed by atoms with E-state index in [0.29, 0.717) is 13.1 Å². The van der Waals surface area contributed by atoms with Gasteiger partial charge in [-0.25, -0.2) is 4.79 Å². The summed E-state index contributed by atoms with van der Waals surface area (Å²) in [6.45, 7) is 9.10. The second-order valence-corrected chi connectivity index (χ2v) is 7.39. The third-order valence-corrected chi connectivity index (χ3v) is 3.93. The van der Waals surface area contributed by atoms with Gasteiger partial charge in [0.05, 0.1) is 6.04 Å². The molecule has 0 aromatic rings. The maximum Gasteiger partial charge on any atom is 0.410 e. The predicted molar refractivity (Wildman–Crippen MR) is 88.2 cm³/mol. The Balaban J connectivity index is 1.97. The van der Waals surface area contributed by atoms with Crippen molar-refractivity contribution in [2.45, 2.75) is 45.8 Å². The number of rotatable bonds is 1. The average molecular weight is 355 g/mol. The Morgan fingerprint density at radius 2 is 2.19 bits per heavy atom. The number of amides is 1. The number of nitrogens with one attached hydrogen (secondary N) is 1.